The van der Waals surface area contributed by atoms with Gasteiger partial charge in [-0.2, -0.15) is 10.5 Å². The molecule has 0 amide bonds. The summed E-state index contributed by atoms with van der Waals surface area (Å²) in [6.07, 6.45) is 3.27. The number of hydrogen-bond donors (Lipinski definition) is 1. The zero-order valence-corrected chi connectivity index (χ0v) is 25.0. The van der Waals surface area contributed by atoms with Crippen molar-refractivity contribution in [2.24, 2.45) is 0 Å². The number of imidazole rings is 1. The van der Waals surface area contributed by atoms with Crippen LogP contribution in [0, 0.1) is 11.3 Å². The summed E-state index contributed by atoms with van der Waals surface area (Å²) in [5, 5.41) is 24.1. The van der Waals surface area contributed by atoms with Crippen LogP contribution in [0.2, 0.25) is 0 Å². The highest BCUT2D eigenvalue weighted by Gasteiger charge is 2.23. The lowest BCUT2D eigenvalue weighted by Crippen LogP contribution is -2.31. The molecule has 3 aromatic heterocycles. The summed E-state index contributed by atoms with van der Waals surface area (Å²) in [7, 11) is 0. The van der Waals surface area contributed by atoms with Gasteiger partial charge in [-0.15, -0.1) is 10.2 Å². The van der Waals surface area contributed by atoms with Crippen LogP contribution in [-0.4, -0.2) is 54.5 Å². The number of fused-ring (bicyclic) bond motifs is 7. The van der Waals surface area contributed by atoms with Gasteiger partial charge in [0.05, 0.1) is 47.6 Å². The van der Waals surface area contributed by atoms with Crippen LogP contribution in [0.15, 0.2) is 72.8 Å². The van der Waals surface area contributed by atoms with Crippen LogP contribution in [-0.2, 0) is 30.7 Å². The van der Waals surface area contributed by atoms with E-state index >= 15 is 0 Å². The fourth-order valence-electron chi connectivity index (χ4n) is 6.05. The van der Waals surface area contributed by atoms with Crippen molar-refractivity contribution in [1.82, 2.24) is 35.2 Å². The maximum Gasteiger partial charge on any atom is 0.214 e. The first kappa shape index (κ1) is 27.9. The number of nitrogens with one attached hydrogen (secondary N) is 1. The highest BCUT2D eigenvalue weighted by atomic mass is 16.5. The maximum absolute atomic E-state index is 9.49. The van der Waals surface area contributed by atoms with E-state index in [1.807, 2.05) is 48.5 Å². The summed E-state index contributed by atoms with van der Waals surface area (Å²) >= 11 is 0. The van der Waals surface area contributed by atoms with E-state index in [4.69, 9.17) is 24.2 Å². The van der Waals surface area contributed by atoms with Gasteiger partial charge in [0.15, 0.2) is 0 Å². The van der Waals surface area contributed by atoms with Crippen LogP contribution in [0.5, 0.6) is 11.6 Å². The second-order valence-corrected chi connectivity index (χ2v) is 11.6. The molecule has 11 heteroatoms. The third-order valence-electron chi connectivity index (χ3n) is 8.60. The molecule has 2 aliphatic heterocycles. The van der Waals surface area contributed by atoms with Gasteiger partial charge in [0, 0.05) is 35.8 Å². The number of pyridine rings is 1. The van der Waals surface area contributed by atoms with Crippen molar-refractivity contribution in [3.8, 4) is 40.3 Å². The molecule has 0 radical (unpaired) electrons. The number of benzene rings is 3. The molecule has 6 aromatic rings. The summed E-state index contributed by atoms with van der Waals surface area (Å²) in [5.41, 5.74) is 8.29. The lowest BCUT2D eigenvalue weighted by molar-refractivity contribution is -0.0589. The third-order valence-corrected chi connectivity index (χ3v) is 8.60. The molecule has 8 rings (SSSR count). The van der Waals surface area contributed by atoms with Crippen LogP contribution < -0.4 is 9.47 Å². The first-order chi connectivity index (χ1) is 22.7. The molecule has 1 N–H and O–H groups in total. The summed E-state index contributed by atoms with van der Waals surface area (Å²) < 4.78 is 20.7. The molecule has 4 bridgehead atoms. The van der Waals surface area contributed by atoms with E-state index in [0.29, 0.717) is 43.4 Å². The molecule has 46 heavy (non-hydrogen) atoms. The fraction of sp³-hybridized carbons (Fsp3) is 0.257. The Labute approximate surface area is 264 Å². The molecule has 3 aromatic carbocycles. The number of aryl methyl sites for hydroxylation is 1. The smallest absolute Gasteiger partial charge is 0.214 e. The molecular weight excluding hydrogens is 580 g/mol. The fourth-order valence-corrected chi connectivity index (χ4v) is 6.05. The number of tetrazole rings is 1. The van der Waals surface area contributed by atoms with Gasteiger partial charge in [-0.05, 0) is 78.1 Å². The second kappa shape index (κ2) is 12.1. The third kappa shape index (κ3) is 5.55. The number of H-pyrrole nitrogens is 1. The average Bonchev–Trinajstić information content (AvgIpc) is 3.72. The van der Waals surface area contributed by atoms with Crippen molar-refractivity contribution in [2.75, 3.05) is 13.2 Å². The van der Waals surface area contributed by atoms with Crippen LogP contribution in [0.1, 0.15) is 40.9 Å². The average molecular weight is 611 g/mol. The number of nitrogens with zero attached hydrogens (tertiary/aromatic N) is 7. The molecule has 2 aliphatic rings. The minimum absolute atomic E-state index is 0.145. The summed E-state index contributed by atoms with van der Waals surface area (Å²) in [4.78, 5) is 9.87. The lowest BCUT2D eigenvalue weighted by Gasteiger charge is -2.27. The van der Waals surface area contributed by atoms with Crippen molar-refractivity contribution in [1.29, 1.82) is 5.26 Å². The Morgan fingerprint density at radius 1 is 0.935 bits per heavy atom. The van der Waals surface area contributed by atoms with Gasteiger partial charge < -0.3 is 18.8 Å². The van der Waals surface area contributed by atoms with E-state index in [0.717, 1.165) is 82.0 Å². The summed E-state index contributed by atoms with van der Waals surface area (Å²) in [5.74, 6) is 2.80. The predicted octanol–water partition coefficient (Wildman–Crippen LogP) is 5.43. The van der Waals surface area contributed by atoms with Crippen LogP contribution in [0.3, 0.4) is 0 Å². The minimum Gasteiger partial charge on any atom is -0.493 e. The molecule has 5 heterocycles. The van der Waals surface area contributed by atoms with Gasteiger partial charge in [-0.3, -0.25) is 0 Å². The van der Waals surface area contributed by atoms with E-state index in [-0.39, 0.29) is 6.10 Å². The predicted molar refractivity (Wildman–Crippen MR) is 169 cm³/mol. The first-order valence-electron chi connectivity index (χ1n) is 15.4. The largest absolute Gasteiger partial charge is 0.493 e. The molecule has 1 unspecified atom stereocenters. The number of aromatic nitrogens is 7. The molecule has 0 aliphatic carbocycles. The summed E-state index contributed by atoms with van der Waals surface area (Å²) in [6, 6.07) is 26.1. The standard InChI is InChI=1S/C35H30N8O3/c36-19-22-6-7-27-21-46-34-5-1-4-29(38-34)24-8-9-25(32(17-24)45-13-2-3-23(27)15-22)18-33-37-30-11-10-26(35-39-41-42-40-35)16-31(30)43(33)20-28-12-14-44-28/h1,4-11,15-17,28H,2-3,12-14,18,20-21H2,(H,39,40,41,42). The molecule has 1 fully saturated rings. The van der Waals surface area contributed by atoms with E-state index in [1.165, 1.54) is 0 Å². The normalized spacial score (nSPS) is 15.9. The number of aromatic amines is 1. The zero-order valence-electron chi connectivity index (χ0n) is 25.0. The second-order valence-electron chi connectivity index (χ2n) is 11.6. The highest BCUT2D eigenvalue weighted by molar-refractivity contribution is 5.81. The minimum atomic E-state index is 0.145. The molecule has 228 valence electrons. The highest BCUT2D eigenvalue weighted by Crippen LogP contribution is 2.32. The molecule has 0 spiro atoms. The Morgan fingerprint density at radius 3 is 2.72 bits per heavy atom. The lowest BCUT2D eigenvalue weighted by atomic mass is 10.0. The Balaban J connectivity index is 1.16. The number of ether oxygens (including phenoxy) is 3. The van der Waals surface area contributed by atoms with Gasteiger partial charge in [0.25, 0.3) is 0 Å². The van der Waals surface area contributed by atoms with Crippen LogP contribution in [0.4, 0.5) is 0 Å². The number of rotatable bonds is 5. The zero-order chi connectivity index (χ0) is 30.9. The monoisotopic (exact) mass is 610 g/mol. The van der Waals surface area contributed by atoms with Gasteiger partial charge in [-0.1, -0.05) is 24.3 Å². The van der Waals surface area contributed by atoms with Gasteiger partial charge in [0.1, 0.15) is 18.2 Å². The SMILES string of the molecule is N#Cc1ccc2c(c1)CCCOc1cc(ccc1Cc1nc3ccc(-c4nn[nH]n4)cc3n1CC1CCO1)-c1cccc(n1)OC2. The Hall–Kier alpha value is -5.60. The quantitative estimate of drug-likeness (QED) is 0.271. The van der Waals surface area contributed by atoms with Crippen molar-refractivity contribution in [3.63, 3.8) is 0 Å². The van der Waals surface area contributed by atoms with Crippen molar-refractivity contribution in [3.05, 3.63) is 101 Å². The van der Waals surface area contributed by atoms with E-state index in [2.05, 4.69) is 55.5 Å². The van der Waals surface area contributed by atoms with Crippen molar-refractivity contribution >= 4 is 11.0 Å². The van der Waals surface area contributed by atoms with Crippen molar-refractivity contribution in [2.45, 2.75) is 44.9 Å². The molecule has 1 atom stereocenters. The Morgan fingerprint density at radius 2 is 1.87 bits per heavy atom. The van der Waals surface area contributed by atoms with E-state index < -0.39 is 0 Å². The van der Waals surface area contributed by atoms with Gasteiger partial charge >= 0.3 is 0 Å². The summed E-state index contributed by atoms with van der Waals surface area (Å²) in [6.45, 7) is 2.38. The van der Waals surface area contributed by atoms with Gasteiger partial charge in [-0.25, -0.2) is 9.97 Å². The Bertz CT molecular complexity index is 2080. The molecule has 0 saturated carbocycles. The first-order valence-corrected chi connectivity index (χ1v) is 15.4. The molecular formula is C35H30N8O3. The van der Waals surface area contributed by atoms with E-state index in [1.54, 1.807) is 0 Å². The maximum atomic E-state index is 9.49. The topological polar surface area (TPSA) is 137 Å². The van der Waals surface area contributed by atoms with E-state index in [9.17, 15) is 5.26 Å². The molecule has 1 saturated heterocycles. The molecule has 11 nitrogen and oxygen atoms in total. The Kier molecular flexibility index (Phi) is 7.32. The van der Waals surface area contributed by atoms with Crippen LogP contribution >= 0.6 is 0 Å². The number of hydrogen-bond acceptors (Lipinski definition) is 9. The van der Waals surface area contributed by atoms with Crippen LogP contribution in [0.25, 0.3) is 33.7 Å². The van der Waals surface area contributed by atoms with Gasteiger partial charge in [0.2, 0.25) is 11.7 Å². The van der Waals surface area contributed by atoms with Crippen molar-refractivity contribution < 1.29 is 14.2 Å². The number of nitriles is 1.